The average molecular weight is 611 g/mol. The molecule has 1 fully saturated rings. The van der Waals surface area contributed by atoms with Crippen molar-refractivity contribution in [2.24, 2.45) is 10.9 Å². The topological polar surface area (TPSA) is 151 Å². The number of carbonyl (C=O) groups is 3. The molecule has 2 aromatic carbocycles. The van der Waals surface area contributed by atoms with E-state index in [1.807, 2.05) is 23.2 Å². The van der Waals surface area contributed by atoms with E-state index < -0.39 is 17.9 Å². The minimum atomic E-state index is -1.39. The minimum Gasteiger partial charge on any atom is -0.480 e. The van der Waals surface area contributed by atoms with Crippen molar-refractivity contribution in [3.8, 4) is 6.19 Å². The molecular formula is C29H28Cl2N6O5. The summed E-state index contributed by atoms with van der Waals surface area (Å²) < 4.78 is 5.42. The van der Waals surface area contributed by atoms with Crippen LogP contribution >= 0.6 is 23.2 Å². The van der Waals surface area contributed by atoms with Crippen molar-refractivity contribution < 1.29 is 23.9 Å². The number of aliphatic imine (C=N–C) groups is 1. The molecule has 0 saturated carbocycles. The third-order valence-electron chi connectivity index (χ3n) is 7.54. The smallest absolute Gasteiger partial charge is 0.328 e. The molecule has 2 amide bonds. The van der Waals surface area contributed by atoms with E-state index in [1.54, 1.807) is 29.4 Å². The molecule has 0 bridgehead atoms. The van der Waals surface area contributed by atoms with Crippen LogP contribution in [0.3, 0.4) is 0 Å². The maximum atomic E-state index is 13.3. The third-order valence-corrected chi connectivity index (χ3v) is 8.26. The van der Waals surface area contributed by atoms with E-state index in [9.17, 15) is 19.5 Å². The number of fused-ring (bicyclic) bond motifs is 2. The number of likely N-dealkylation sites (tertiary alicyclic amines) is 1. The maximum absolute atomic E-state index is 13.3. The summed E-state index contributed by atoms with van der Waals surface area (Å²) in [5.41, 5.74) is 2.44. The number of hydrogen-bond acceptors (Lipinski definition) is 6. The SMILES string of the molecule is C[C@@H]1CCN(C(=NC[C@H](NC(=O)c2c(Cl)cc3c(c2Cl)CCN(C(=O)c2ccc4ccoc4c2)C3)C(=O)O)NC#N)C1. The first kappa shape index (κ1) is 29.2. The number of carboxylic acids is 1. The number of nitrogens with zero attached hydrogens (tertiary/aromatic N) is 4. The highest BCUT2D eigenvalue weighted by molar-refractivity contribution is 6.40. The first-order chi connectivity index (χ1) is 20.2. The van der Waals surface area contributed by atoms with E-state index in [-0.39, 0.29) is 40.6 Å². The Kier molecular flexibility index (Phi) is 8.56. The summed E-state index contributed by atoms with van der Waals surface area (Å²) in [4.78, 5) is 46.3. The molecule has 42 heavy (non-hydrogen) atoms. The molecule has 0 aliphatic carbocycles. The second-order valence-corrected chi connectivity index (χ2v) is 11.2. The molecule has 3 heterocycles. The van der Waals surface area contributed by atoms with Gasteiger partial charge in [0.2, 0.25) is 5.96 Å². The van der Waals surface area contributed by atoms with Crippen LogP contribution in [0.25, 0.3) is 11.0 Å². The number of guanidine groups is 1. The van der Waals surface area contributed by atoms with E-state index in [1.165, 1.54) is 0 Å². The number of benzene rings is 2. The first-order valence-electron chi connectivity index (χ1n) is 13.4. The van der Waals surface area contributed by atoms with Gasteiger partial charge in [-0.1, -0.05) is 36.2 Å². The molecule has 2 aliphatic rings. The van der Waals surface area contributed by atoms with Gasteiger partial charge in [0.1, 0.15) is 11.6 Å². The number of carbonyl (C=O) groups excluding carboxylic acids is 2. The lowest BCUT2D eigenvalue weighted by Gasteiger charge is -2.30. The van der Waals surface area contributed by atoms with E-state index in [0.717, 1.165) is 11.8 Å². The van der Waals surface area contributed by atoms with Crippen molar-refractivity contribution in [1.29, 1.82) is 5.26 Å². The van der Waals surface area contributed by atoms with Crippen molar-refractivity contribution in [1.82, 2.24) is 20.4 Å². The zero-order valence-corrected chi connectivity index (χ0v) is 24.2. The highest BCUT2D eigenvalue weighted by Crippen LogP contribution is 2.35. The first-order valence-corrected chi connectivity index (χ1v) is 14.2. The molecular weight excluding hydrogens is 583 g/mol. The van der Waals surface area contributed by atoms with Gasteiger partial charge in [-0.05, 0) is 54.2 Å². The zero-order chi connectivity index (χ0) is 30.0. The van der Waals surface area contributed by atoms with Crippen LogP contribution in [0.4, 0.5) is 0 Å². The summed E-state index contributed by atoms with van der Waals surface area (Å²) in [6, 6.07) is 7.29. The van der Waals surface area contributed by atoms with Gasteiger partial charge in [-0.3, -0.25) is 14.9 Å². The largest absolute Gasteiger partial charge is 0.480 e. The van der Waals surface area contributed by atoms with Crippen LogP contribution in [0, 0.1) is 17.4 Å². The van der Waals surface area contributed by atoms with Gasteiger partial charge in [0, 0.05) is 37.1 Å². The molecule has 0 spiro atoms. The molecule has 0 radical (unpaired) electrons. The van der Waals surface area contributed by atoms with Crippen molar-refractivity contribution in [3.05, 3.63) is 68.9 Å². The Labute approximate surface area is 251 Å². The van der Waals surface area contributed by atoms with E-state index in [2.05, 4.69) is 22.5 Å². The third kappa shape index (κ3) is 6.00. The van der Waals surface area contributed by atoms with Gasteiger partial charge in [-0.2, -0.15) is 5.26 Å². The van der Waals surface area contributed by atoms with Crippen LogP contribution in [0.15, 0.2) is 46.0 Å². The van der Waals surface area contributed by atoms with Crippen molar-refractivity contribution >= 4 is 57.9 Å². The summed E-state index contributed by atoms with van der Waals surface area (Å²) in [5, 5.41) is 24.9. The Morgan fingerprint density at radius 3 is 2.74 bits per heavy atom. The van der Waals surface area contributed by atoms with Crippen LogP contribution in [0.2, 0.25) is 10.0 Å². The maximum Gasteiger partial charge on any atom is 0.328 e. The van der Waals surface area contributed by atoms with E-state index >= 15 is 0 Å². The predicted octanol–water partition coefficient (Wildman–Crippen LogP) is 3.89. The van der Waals surface area contributed by atoms with E-state index in [4.69, 9.17) is 32.9 Å². The fourth-order valence-corrected chi connectivity index (χ4v) is 6.06. The number of nitriles is 1. The van der Waals surface area contributed by atoms with Gasteiger partial charge in [0.05, 0.1) is 28.4 Å². The number of amides is 2. The van der Waals surface area contributed by atoms with Gasteiger partial charge in [0.15, 0.2) is 6.19 Å². The minimum absolute atomic E-state index is 0.0353. The molecule has 13 heteroatoms. The number of carboxylic acid groups (broad SMARTS) is 1. The lowest BCUT2D eigenvalue weighted by Crippen LogP contribution is -2.45. The van der Waals surface area contributed by atoms with Gasteiger partial charge >= 0.3 is 5.97 Å². The lowest BCUT2D eigenvalue weighted by molar-refractivity contribution is -0.138. The molecule has 5 rings (SSSR count). The van der Waals surface area contributed by atoms with E-state index in [0.29, 0.717) is 54.2 Å². The highest BCUT2D eigenvalue weighted by atomic mass is 35.5. The monoisotopic (exact) mass is 610 g/mol. The standard InChI is InChI=1S/C29H28Cl2N6O5/c1-16-4-7-37(13-16)29(34-15-32)33-12-22(28(40)41)35-26(38)24-21(30)10-19-14-36(8-5-20(19)25(24)31)27(39)18-3-2-17-6-9-42-23(17)11-18/h2-3,6,9-11,16,22H,4-5,7-8,12-14H2,1H3,(H,33,34)(H,35,38)(H,40,41)/t16-,22+/m1/s1. The van der Waals surface area contributed by atoms with Crippen LogP contribution in [-0.2, 0) is 17.8 Å². The van der Waals surface area contributed by atoms with Crippen LogP contribution in [-0.4, -0.2) is 70.9 Å². The number of rotatable bonds is 6. The molecule has 1 saturated heterocycles. The number of halogens is 2. The molecule has 2 atom stereocenters. The molecule has 1 aromatic heterocycles. The van der Waals surface area contributed by atoms with Crippen molar-refractivity contribution in [3.63, 3.8) is 0 Å². The molecule has 3 N–H and O–H groups in total. The number of aliphatic carboxylic acids is 1. The lowest BCUT2D eigenvalue weighted by atomic mass is 9.96. The Balaban J connectivity index is 1.31. The summed E-state index contributed by atoms with van der Waals surface area (Å²) in [7, 11) is 0. The fourth-order valence-electron chi connectivity index (χ4n) is 5.29. The van der Waals surface area contributed by atoms with Gasteiger partial charge in [0.25, 0.3) is 11.8 Å². The van der Waals surface area contributed by atoms with Gasteiger partial charge < -0.3 is 24.6 Å². The zero-order valence-electron chi connectivity index (χ0n) is 22.7. The molecule has 3 aromatic rings. The van der Waals surface area contributed by atoms with Gasteiger partial charge in [-0.15, -0.1) is 0 Å². The molecule has 2 aliphatic heterocycles. The second-order valence-electron chi connectivity index (χ2n) is 10.4. The Morgan fingerprint density at radius 2 is 2.02 bits per heavy atom. The van der Waals surface area contributed by atoms with Crippen molar-refractivity contribution in [2.75, 3.05) is 26.2 Å². The molecule has 11 nitrogen and oxygen atoms in total. The average Bonchev–Trinajstić information content (AvgIpc) is 3.62. The van der Waals surface area contributed by atoms with Gasteiger partial charge in [-0.25, -0.2) is 9.79 Å². The normalized spacial score (nSPS) is 17.5. The van der Waals surface area contributed by atoms with Crippen LogP contribution < -0.4 is 10.6 Å². The number of furan rings is 1. The fraction of sp³-hybridized carbons (Fsp3) is 0.345. The second kappa shape index (κ2) is 12.3. The highest BCUT2D eigenvalue weighted by Gasteiger charge is 2.30. The summed E-state index contributed by atoms with van der Waals surface area (Å²) >= 11 is 13.2. The summed E-state index contributed by atoms with van der Waals surface area (Å²) in [6.45, 7) is 3.73. The Hall–Kier alpha value is -4.27. The number of nitrogens with one attached hydrogen (secondary N) is 2. The summed E-state index contributed by atoms with van der Waals surface area (Å²) in [6.07, 6.45) is 4.70. The Morgan fingerprint density at radius 1 is 1.21 bits per heavy atom. The number of hydrogen-bond donors (Lipinski definition) is 3. The van der Waals surface area contributed by atoms with Crippen LogP contribution in [0.1, 0.15) is 45.2 Å². The quantitative estimate of drug-likeness (QED) is 0.164. The molecule has 218 valence electrons. The molecule has 0 unspecified atom stereocenters. The Bertz CT molecular complexity index is 1630. The van der Waals surface area contributed by atoms with Crippen molar-refractivity contribution in [2.45, 2.75) is 32.4 Å². The predicted molar refractivity (Wildman–Crippen MR) is 156 cm³/mol. The summed E-state index contributed by atoms with van der Waals surface area (Å²) in [5.74, 6) is -1.56. The van der Waals surface area contributed by atoms with Crippen LogP contribution in [0.5, 0.6) is 0 Å².